The molecule has 3 fully saturated rings. The van der Waals surface area contributed by atoms with Crippen molar-refractivity contribution in [1.29, 1.82) is 5.26 Å². The number of nitriles is 1. The molecule has 43 heavy (non-hydrogen) atoms. The van der Waals surface area contributed by atoms with Gasteiger partial charge in [0.1, 0.15) is 23.8 Å². The van der Waals surface area contributed by atoms with Gasteiger partial charge in [0.2, 0.25) is 5.88 Å². The number of pyridine rings is 1. The molecule has 11 heteroatoms. The van der Waals surface area contributed by atoms with Gasteiger partial charge in [0, 0.05) is 42.9 Å². The lowest BCUT2D eigenvalue weighted by Gasteiger charge is -2.28. The molecule has 4 aromatic rings. The van der Waals surface area contributed by atoms with Gasteiger partial charge < -0.3 is 18.8 Å². The summed E-state index contributed by atoms with van der Waals surface area (Å²) in [5.41, 5.74) is 3.52. The van der Waals surface area contributed by atoms with E-state index < -0.39 is 11.8 Å². The molecule has 0 spiro atoms. The number of aromatic nitrogens is 3. The Morgan fingerprint density at radius 3 is 2.70 bits per heavy atom. The van der Waals surface area contributed by atoms with Crippen molar-refractivity contribution in [3.8, 4) is 11.9 Å². The zero-order chi connectivity index (χ0) is 29.7. The van der Waals surface area contributed by atoms with Gasteiger partial charge >= 0.3 is 5.97 Å². The number of benzene rings is 2. The molecule has 2 aromatic heterocycles. The maximum atomic E-state index is 14.3. The number of hydrogen-bond donors (Lipinski definition) is 0. The van der Waals surface area contributed by atoms with Crippen molar-refractivity contribution in [2.24, 2.45) is 11.8 Å². The van der Waals surface area contributed by atoms with Crippen molar-refractivity contribution in [2.45, 2.75) is 38.1 Å². The first-order valence-electron chi connectivity index (χ1n) is 14.3. The van der Waals surface area contributed by atoms with Gasteiger partial charge in [0.25, 0.3) is 0 Å². The van der Waals surface area contributed by atoms with Gasteiger partial charge in [-0.3, -0.25) is 4.90 Å². The third-order valence-corrected chi connectivity index (χ3v) is 9.05. The predicted molar refractivity (Wildman–Crippen MR) is 155 cm³/mol. The summed E-state index contributed by atoms with van der Waals surface area (Å²) in [6, 6.07) is 15.4. The maximum absolute atomic E-state index is 14.3. The highest BCUT2D eigenvalue weighted by molar-refractivity contribution is 6.35. The summed E-state index contributed by atoms with van der Waals surface area (Å²) in [7, 11) is 1.36. The zero-order valence-corrected chi connectivity index (χ0v) is 24.3. The number of likely N-dealkylation sites (tertiary alicyclic amines) is 1. The van der Waals surface area contributed by atoms with Crippen molar-refractivity contribution < 1.29 is 23.4 Å². The lowest BCUT2D eigenvalue weighted by molar-refractivity contribution is -0.0591. The Labute approximate surface area is 252 Å². The molecular weight excluding hydrogens is 573 g/mol. The summed E-state index contributed by atoms with van der Waals surface area (Å²) < 4.78 is 32.9. The van der Waals surface area contributed by atoms with Gasteiger partial charge in [-0.05, 0) is 48.6 Å². The minimum absolute atomic E-state index is 0.0390. The van der Waals surface area contributed by atoms with Crippen molar-refractivity contribution in [3.63, 3.8) is 0 Å². The second-order valence-electron chi connectivity index (χ2n) is 11.4. The van der Waals surface area contributed by atoms with Crippen LogP contribution in [0.4, 0.5) is 4.39 Å². The fourth-order valence-corrected chi connectivity index (χ4v) is 6.64. The summed E-state index contributed by atoms with van der Waals surface area (Å²) in [6.07, 6.45) is 1.10. The number of piperidine rings is 1. The standard InChI is InChI=1S/C32H29ClFN5O4/c1-41-32(40)20-10-24(33)31-27(11-20)39(13-21-7-8-42-21)28(37-31)16-38-14-22-23(15-38)30(22)26-3-2-4-29(36-26)43-17-19-6-5-18(12-35)9-25(19)34/h2-6,9-11,21-23,30H,7-8,13-17H2,1H3/t21?,22-,23+,30?. The normalized spacial score (nSPS) is 22.6. The molecule has 3 aliphatic rings. The molecule has 0 amide bonds. The van der Waals surface area contributed by atoms with Gasteiger partial charge in [-0.1, -0.05) is 23.7 Å². The molecule has 2 aliphatic heterocycles. The van der Waals surface area contributed by atoms with E-state index in [1.807, 2.05) is 18.2 Å². The van der Waals surface area contributed by atoms with Gasteiger partial charge in [0.05, 0.1) is 54.0 Å². The highest BCUT2D eigenvalue weighted by Crippen LogP contribution is 2.58. The number of hydrogen-bond acceptors (Lipinski definition) is 8. The Hall–Kier alpha value is -4.04. The van der Waals surface area contributed by atoms with Crippen LogP contribution in [0.1, 0.15) is 45.3 Å². The predicted octanol–water partition coefficient (Wildman–Crippen LogP) is 5.10. The topological polar surface area (TPSA) is 102 Å². The number of carbonyl (C=O) groups excluding carboxylic acids is 1. The van der Waals surface area contributed by atoms with Crippen LogP contribution in [0.15, 0.2) is 48.5 Å². The van der Waals surface area contributed by atoms with Crippen LogP contribution >= 0.6 is 11.6 Å². The van der Waals surface area contributed by atoms with Crippen LogP contribution in [0.5, 0.6) is 5.88 Å². The highest BCUT2D eigenvalue weighted by atomic mass is 35.5. The summed E-state index contributed by atoms with van der Waals surface area (Å²) in [4.78, 5) is 24.3. The molecule has 220 valence electrons. The minimum atomic E-state index is -0.466. The van der Waals surface area contributed by atoms with Crippen LogP contribution in [0.2, 0.25) is 5.02 Å². The largest absolute Gasteiger partial charge is 0.473 e. The number of halogens is 2. The average Bonchev–Trinajstić information content (AvgIpc) is 3.30. The maximum Gasteiger partial charge on any atom is 0.337 e. The number of imidazole rings is 1. The Kier molecular flexibility index (Phi) is 7.25. The molecule has 2 aromatic carbocycles. The van der Waals surface area contributed by atoms with Gasteiger partial charge in [0.15, 0.2) is 0 Å². The van der Waals surface area contributed by atoms with Crippen LogP contribution in [0.25, 0.3) is 11.0 Å². The van der Waals surface area contributed by atoms with Gasteiger partial charge in [-0.25, -0.2) is 19.2 Å². The molecule has 1 saturated carbocycles. The van der Waals surface area contributed by atoms with Crippen molar-refractivity contribution in [2.75, 3.05) is 26.8 Å². The molecule has 0 radical (unpaired) electrons. The van der Waals surface area contributed by atoms with E-state index in [1.54, 1.807) is 30.3 Å². The first kappa shape index (κ1) is 27.8. The first-order chi connectivity index (χ1) is 20.9. The van der Waals surface area contributed by atoms with E-state index in [2.05, 4.69) is 9.47 Å². The molecule has 4 heterocycles. The smallest absolute Gasteiger partial charge is 0.337 e. The molecule has 4 atom stereocenters. The number of carbonyl (C=O) groups is 1. The third kappa shape index (κ3) is 5.33. The van der Waals surface area contributed by atoms with Crippen molar-refractivity contribution >= 4 is 28.6 Å². The fraction of sp³-hybridized carbons (Fsp3) is 0.375. The van der Waals surface area contributed by atoms with Crippen LogP contribution in [0, 0.1) is 29.0 Å². The average molecular weight is 602 g/mol. The molecule has 9 nitrogen and oxygen atoms in total. The van der Waals surface area contributed by atoms with Crippen LogP contribution in [-0.4, -0.2) is 58.3 Å². The van der Waals surface area contributed by atoms with Crippen LogP contribution in [0.3, 0.4) is 0 Å². The number of methoxy groups -OCH3 is 1. The van der Waals surface area contributed by atoms with Gasteiger partial charge in [-0.15, -0.1) is 0 Å². The SMILES string of the molecule is COC(=O)c1cc(Cl)c2nc(CN3C[C@@H]4C(c5cccc(OCc6ccc(C#N)cc6F)n5)[C@@H]4C3)n(CC3CCO3)c2c1. The molecular formula is C32H29ClFN5O4. The Morgan fingerprint density at radius 1 is 1.19 bits per heavy atom. The summed E-state index contributed by atoms with van der Waals surface area (Å²) in [6.45, 7) is 3.95. The molecule has 0 bridgehead atoms. The van der Waals surface area contributed by atoms with Crippen molar-refractivity contribution in [1.82, 2.24) is 19.4 Å². The second-order valence-corrected chi connectivity index (χ2v) is 11.8. The minimum Gasteiger partial charge on any atom is -0.473 e. The van der Waals surface area contributed by atoms with E-state index in [4.69, 9.17) is 41.0 Å². The highest BCUT2D eigenvalue weighted by Gasteiger charge is 2.57. The second kappa shape index (κ2) is 11.2. The Balaban J connectivity index is 1.03. The Bertz CT molecular complexity index is 1750. The van der Waals surface area contributed by atoms with E-state index in [0.29, 0.717) is 58.4 Å². The number of esters is 1. The Morgan fingerprint density at radius 2 is 2.00 bits per heavy atom. The molecule has 1 aliphatic carbocycles. The lowest BCUT2D eigenvalue weighted by atomic mass is 10.1. The monoisotopic (exact) mass is 601 g/mol. The molecule has 2 saturated heterocycles. The summed E-state index contributed by atoms with van der Waals surface area (Å²) in [5, 5.41) is 9.37. The fourth-order valence-electron chi connectivity index (χ4n) is 6.39. The molecule has 0 N–H and O–H groups in total. The quantitative estimate of drug-likeness (QED) is 0.244. The van der Waals surface area contributed by atoms with E-state index in [1.165, 1.54) is 13.2 Å². The summed E-state index contributed by atoms with van der Waals surface area (Å²) in [5.74, 6) is 1.78. The zero-order valence-electron chi connectivity index (χ0n) is 23.5. The van der Waals surface area contributed by atoms with E-state index >= 15 is 0 Å². The molecule has 2 unspecified atom stereocenters. The number of nitrogens with zero attached hydrogens (tertiary/aromatic N) is 5. The van der Waals surface area contributed by atoms with E-state index in [9.17, 15) is 9.18 Å². The lowest BCUT2D eigenvalue weighted by Crippen LogP contribution is -2.33. The van der Waals surface area contributed by atoms with E-state index in [0.717, 1.165) is 43.2 Å². The van der Waals surface area contributed by atoms with Crippen LogP contribution < -0.4 is 4.74 Å². The van der Waals surface area contributed by atoms with Gasteiger partial charge in [-0.2, -0.15) is 5.26 Å². The number of rotatable bonds is 9. The summed E-state index contributed by atoms with van der Waals surface area (Å²) >= 11 is 6.58. The third-order valence-electron chi connectivity index (χ3n) is 8.77. The first-order valence-corrected chi connectivity index (χ1v) is 14.7. The van der Waals surface area contributed by atoms with Crippen molar-refractivity contribution in [3.05, 3.63) is 87.6 Å². The molecule has 7 rings (SSSR count). The number of ether oxygens (including phenoxy) is 3. The van der Waals surface area contributed by atoms with Crippen LogP contribution in [-0.2, 0) is 29.2 Å². The number of fused-ring (bicyclic) bond motifs is 2. The van der Waals surface area contributed by atoms with E-state index in [-0.39, 0.29) is 18.3 Å².